The Labute approximate surface area is 259 Å². The van der Waals surface area contributed by atoms with Crippen molar-refractivity contribution in [1.29, 1.82) is 0 Å². The standard InChI is InChI=1S/C30H20BrCl3N2O3S/c1-38-26-15-19(14-25(31)28(26)39-17-18-3-2-4-22(34)13-18)16-27-29(37)36(24-11-7-21(33)8-12-24)30(40-27)35-23-9-5-20(32)6-10-23/h2-16H,17H2,1H3/b27-16-,35-30?. The van der Waals surface area contributed by atoms with Gasteiger partial charge < -0.3 is 9.47 Å². The van der Waals surface area contributed by atoms with Crippen LogP contribution in [0.15, 0.2) is 99.3 Å². The normalized spacial score (nSPS) is 15.2. The lowest BCUT2D eigenvalue weighted by Gasteiger charge is -2.16. The fourth-order valence-corrected chi connectivity index (χ4v) is 5.93. The predicted molar refractivity (Wildman–Crippen MR) is 170 cm³/mol. The van der Waals surface area contributed by atoms with Crippen LogP contribution in [-0.4, -0.2) is 18.2 Å². The van der Waals surface area contributed by atoms with Crippen LogP contribution in [0, 0.1) is 0 Å². The Morgan fingerprint density at radius 2 is 1.62 bits per heavy atom. The maximum absolute atomic E-state index is 13.7. The molecule has 0 radical (unpaired) electrons. The number of halogens is 4. The zero-order chi connectivity index (χ0) is 28.2. The van der Waals surface area contributed by atoms with Crippen LogP contribution in [-0.2, 0) is 11.4 Å². The first kappa shape index (κ1) is 28.6. The summed E-state index contributed by atoms with van der Waals surface area (Å²) in [6.07, 6.45) is 1.80. The Morgan fingerprint density at radius 1 is 0.925 bits per heavy atom. The molecule has 5 nitrogen and oxygen atoms in total. The molecule has 0 saturated carbocycles. The average Bonchev–Trinajstić information content (AvgIpc) is 3.23. The summed E-state index contributed by atoms with van der Waals surface area (Å²) in [5.41, 5.74) is 3.00. The number of ether oxygens (including phenoxy) is 2. The first-order valence-electron chi connectivity index (χ1n) is 11.9. The number of nitrogens with zero attached hydrogens (tertiary/aromatic N) is 2. The zero-order valence-corrected chi connectivity index (χ0v) is 25.6. The van der Waals surface area contributed by atoms with Crippen molar-refractivity contribution in [3.8, 4) is 11.5 Å². The number of aliphatic imine (C=N–C) groups is 1. The number of amidine groups is 1. The molecule has 1 amide bonds. The number of thioether (sulfide) groups is 1. The van der Waals surface area contributed by atoms with E-state index in [9.17, 15) is 4.79 Å². The number of methoxy groups -OCH3 is 1. The highest BCUT2D eigenvalue weighted by atomic mass is 79.9. The fraction of sp³-hybridized carbons (Fsp3) is 0.0667. The van der Waals surface area contributed by atoms with Crippen molar-refractivity contribution in [1.82, 2.24) is 0 Å². The summed E-state index contributed by atoms with van der Waals surface area (Å²) in [5, 5.41) is 2.33. The minimum Gasteiger partial charge on any atom is -0.493 e. The van der Waals surface area contributed by atoms with Gasteiger partial charge in [-0.3, -0.25) is 9.69 Å². The first-order valence-corrected chi connectivity index (χ1v) is 14.6. The number of anilines is 1. The van der Waals surface area contributed by atoms with Gasteiger partial charge in [0.15, 0.2) is 16.7 Å². The van der Waals surface area contributed by atoms with Gasteiger partial charge in [0.2, 0.25) is 0 Å². The highest BCUT2D eigenvalue weighted by Crippen LogP contribution is 2.41. The number of carbonyl (C=O) groups excluding carboxylic acids is 1. The topological polar surface area (TPSA) is 51.1 Å². The molecule has 1 saturated heterocycles. The van der Waals surface area contributed by atoms with Gasteiger partial charge in [0, 0.05) is 15.1 Å². The van der Waals surface area contributed by atoms with Crippen LogP contribution in [0.1, 0.15) is 11.1 Å². The molecule has 40 heavy (non-hydrogen) atoms. The molecule has 0 spiro atoms. The molecular weight excluding hydrogens is 655 g/mol. The summed E-state index contributed by atoms with van der Waals surface area (Å²) >= 11 is 23.1. The minimum absolute atomic E-state index is 0.212. The van der Waals surface area contributed by atoms with Gasteiger partial charge in [-0.1, -0.05) is 46.9 Å². The summed E-state index contributed by atoms with van der Waals surface area (Å²) in [4.78, 5) is 20.5. The summed E-state index contributed by atoms with van der Waals surface area (Å²) in [6.45, 7) is 0.310. The van der Waals surface area contributed by atoms with Crippen molar-refractivity contribution < 1.29 is 14.3 Å². The van der Waals surface area contributed by atoms with Gasteiger partial charge in [-0.25, -0.2) is 4.99 Å². The van der Waals surface area contributed by atoms with Crippen molar-refractivity contribution >= 4 is 91.0 Å². The van der Waals surface area contributed by atoms with E-state index in [1.165, 1.54) is 11.8 Å². The second kappa shape index (κ2) is 12.7. The van der Waals surface area contributed by atoms with Gasteiger partial charge >= 0.3 is 0 Å². The van der Waals surface area contributed by atoms with Crippen molar-refractivity contribution in [3.05, 3.63) is 121 Å². The Balaban J connectivity index is 1.47. The van der Waals surface area contributed by atoms with Gasteiger partial charge in [0.25, 0.3) is 5.91 Å². The van der Waals surface area contributed by atoms with Crippen LogP contribution in [0.25, 0.3) is 6.08 Å². The molecule has 0 bridgehead atoms. The van der Waals surface area contributed by atoms with E-state index >= 15 is 0 Å². The largest absolute Gasteiger partial charge is 0.493 e. The summed E-state index contributed by atoms with van der Waals surface area (Å²) in [7, 11) is 1.57. The number of rotatable bonds is 7. The van der Waals surface area contributed by atoms with Gasteiger partial charge in [-0.15, -0.1) is 0 Å². The molecule has 1 fully saturated rings. The van der Waals surface area contributed by atoms with E-state index in [2.05, 4.69) is 15.9 Å². The van der Waals surface area contributed by atoms with Crippen LogP contribution < -0.4 is 14.4 Å². The van der Waals surface area contributed by atoms with E-state index in [0.717, 1.165) is 11.1 Å². The number of carbonyl (C=O) groups is 1. The van der Waals surface area contributed by atoms with Crippen molar-refractivity contribution in [2.24, 2.45) is 4.99 Å². The summed E-state index contributed by atoms with van der Waals surface area (Å²) in [6, 6.07) is 25.3. The maximum atomic E-state index is 13.7. The Morgan fingerprint density at radius 3 is 2.30 bits per heavy atom. The van der Waals surface area contributed by atoms with E-state index in [1.807, 2.05) is 36.4 Å². The van der Waals surface area contributed by atoms with E-state index in [-0.39, 0.29) is 5.91 Å². The monoisotopic (exact) mass is 672 g/mol. The van der Waals surface area contributed by atoms with E-state index in [4.69, 9.17) is 49.3 Å². The quantitative estimate of drug-likeness (QED) is 0.183. The first-order chi connectivity index (χ1) is 19.3. The molecule has 4 aromatic carbocycles. The molecule has 1 heterocycles. The molecule has 1 aliphatic heterocycles. The molecule has 202 valence electrons. The molecular formula is C30H20BrCl3N2O3S. The maximum Gasteiger partial charge on any atom is 0.271 e. The Bertz CT molecular complexity index is 1630. The second-order valence-electron chi connectivity index (χ2n) is 8.55. The third-order valence-corrected chi connectivity index (χ3v) is 8.06. The molecule has 4 aromatic rings. The fourth-order valence-electron chi connectivity index (χ4n) is 3.89. The molecule has 10 heteroatoms. The molecule has 0 N–H and O–H groups in total. The number of hydrogen-bond donors (Lipinski definition) is 0. The average molecular weight is 675 g/mol. The van der Waals surface area contributed by atoms with E-state index < -0.39 is 0 Å². The van der Waals surface area contributed by atoms with Gasteiger partial charge in [0.05, 0.1) is 27.9 Å². The molecule has 1 aliphatic rings. The van der Waals surface area contributed by atoms with Crippen molar-refractivity contribution in [3.63, 3.8) is 0 Å². The third kappa shape index (κ3) is 6.67. The lowest BCUT2D eigenvalue weighted by molar-refractivity contribution is -0.113. The SMILES string of the molecule is COc1cc(/C=C2\SC(=Nc3ccc(Cl)cc3)N(c3ccc(Cl)cc3)C2=O)cc(Br)c1OCc1cccc(Cl)c1. The van der Waals surface area contributed by atoms with Crippen LogP contribution in [0.4, 0.5) is 11.4 Å². The third-order valence-electron chi connectivity index (χ3n) is 5.76. The molecule has 0 unspecified atom stereocenters. The van der Waals surface area contributed by atoms with Crippen LogP contribution in [0.5, 0.6) is 11.5 Å². The highest BCUT2D eigenvalue weighted by molar-refractivity contribution is 9.10. The smallest absolute Gasteiger partial charge is 0.271 e. The predicted octanol–water partition coefficient (Wildman–Crippen LogP) is 9.81. The molecule has 0 atom stereocenters. The van der Waals surface area contributed by atoms with E-state index in [1.54, 1.807) is 66.6 Å². The van der Waals surface area contributed by atoms with Crippen LogP contribution in [0.3, 0.4) is 0 Å². The lowest BCUT2D eigenvalue weighted by Crippen LogP contribution is -2.28. The zero-order valence-electron chi connectivity index (χ0n) is 20.9. The molecule has 0 aliphatic carbocycles. The minimum atomic E-state index is -0.212. The number of amides is 1. The number of hydrogen-bond acceptors (Lipinski definition) is 5. The Kier molecular flexibility index (Phi) is 9.08. The molecule has 0 aromatic heterocycles. The highest BCUT2D eigenvalue weighted by Gasteiger charge is 2.35. The van der Waals surface area contributed by atoms with Crippen molar-refractivity contribution in [2.75, 3.05) is 12.0 Å². The van der Waals surface area contributed by atoms with E-state index in [0.29, 0.717) is 59.1 Å². The second-order valence-corrected chi connectivity index (χ2v) is 11.7. The lowest BCUT2D eigenvalue weighted by atomic mass is 10.1. The van der Waals surface area contributed by atoms with Gasteiger partial charge in [0.1, 0.15) is 6.61 Å². The molecule has 5 rings (SSSR count). The van der Waals surface area contributed by atoms with Crippen LogP contribution >= 0.6 is 62.5 Å². The number of benzene rings is 4. The van der Waals surface area contributed by atoms with Gasteiger partial charge in [-0.05, 0) is 118 Å². The Hall–Kier alpha value is -2.94. The van der Waals surface area contributed by atoms with Gasteiger partial charge in [-0.2, -0.15) is 0 Å². The summed E-state index contributed by atoms with van der Waals surface area (Å²) < 4.78 is 12.4. The summed E-state index contributed by atoms with van der Waals surface area (Å²) in [5.74, 6) is 0.850. The van der Waals surface area contributed by atoms with Crippen LogP contribution in [0.2, 0.25) is 15.1 Å². The van der Waals surface area contributed by atoms with Crippen molar-refractivity contribution in [2.45, 2.75) is 6.61 Å².